The molecule has 0 aromatic rings. The van der Waals surface area contributed by atoms with Gasteiger partial charge in [-0.05, 0) is 19.9 Å². The highest BCUT2D eigenvalue weighted by Gasteiger charge is 2.22. The Balaban J connectivity index is 2.43. The van der Waals surface area contributed by atoms with E-state index in [-0.39, 0.29) is 9.84 Å². The van der Waals surface area contributed by atoms with Crippen LogP contribution < -0.4 is 0 Å². The second-order valence-corrected chi connectivity index (χ2v) is 15.7. The van der Waals surface area contributed by atoms with Crippen molar-refractivity contribution in [3.63, 3.8) is 0 Å². The van der Waals surface area contributed by atoms with Gasteiger partial charge in [0.2, 0.25) is 0 Å². The Labute approximate surface area is 108 Å². The first kappa shape index (κ1) is 14.6. The maximum absolute atomic E-state index is 2.99. The number of hydrogen-bond donors (Lipinski definition) is 0. The normalized spacial score (nSPS) is 20.1. The van der Waals surface area contributed by atoms with Crippen LogP contribution in [-0.2, 0) is 0 Å². The van der Waals surface area contributed by atoms with Crippen LogP contribution in [0.1, 0.15) is 32.1 Å². The van der Waals surface area contributed by atoms with Crippen LogP contribution in [0.15, 0.2) is 0 Å². The van der Waals surface area contributed by atoms with E-state index in [0.717, 1.165) is 6.04 Å². The first-order valence-corrected chi connectivity index (χ1v) is 13.9. The fourth-order valence-electron chi connectivity index (χ4n) is 2.82. The molecule has 0 aromatic heterocycles. The maximum Gasteiger partial charge on any atom is 0.159 e. The minimum atomic E-state index is -0.539. The van der Waals surface area contributed by atoms with E-state index >= 15 is 0 Å². The molecule has 0 spiro atoms. The van der Waals surface area contributed by atoms with Crippen LogP contribution in [0.3, 0.4) is 0 Å². The van der Waals surface area contributed by atoms with Crippen molar-refractivity contribution in [3.8, 4) is 0 Å². The van der Waals surface area contributed by atoms with Crippen LogP contribution >= 0.6 is 0 Å². The molecule has 5 heteroatoms. The Bertz CT molecular complexity index is 186. The zero-order chi connectivity index (χ0) is 12.1. The predicted molar refractivity (Wildman–Crippen MR) is 82.8 cm³/mol. The Morgan fingerprint density at radius 3 is 1.88 bits per heavy atom. The van der Waals surface area contributed by atoms with Gasteiger partial charge in [-0.1, -0.05) is 45.5 Å². The van der Waals surface area contributed by atoms with Crippen LogP contribution in [-0.4, -0.2) is 49.3 Å². The molecule has 1 fully saturated rings. The van der Waals surface area contributed by atoms with E-state index in [1.165, 1.54) is 32.1 Å². The summed E-state index contributed by atoms with van der Waals surface area (Å²) in [5.74, 6) is 0. The molecular weight excluding hydrogens is 244 g/mol. The number of nitrogens with zero attached hydrogens (tertiary/aromatic N) is 2. The first-order chi connectivity index (χ1) is 7.52. The Morgan fingerprint density at radius 2 is 1.44 bits per heavy atom. The SMILES string of the molecule is CN([SiH2]N([SiH](C)C)[SiH](C)C)C1CCCCC1. The summed E-state index contributed by atoms with van der Waals surface area (Å²) in [6.45, 7) is 10.0. The minimum Gasteiger partial charge on any atom is -0.366 e. The molecule has 1 aliphatic carbocycles. The Hall–Kier alpha value is 0.571. The molecule has 0 aromatic carbocycles. The molecule has 0 aliphatic heterocycles. The van der Waals surface area contributed by atoms with Crippen molar-refractivity contribution in [3.05, 3.63) is 0 Å². The summed E-state index contributed by atoms with van der Waals surface area (Å²) in [4.78, 5) is 0. The van der Waals surface area contributed by atoms with Crippen molar-refractivity contribution < 1.29 is 0 Å². The summed E-state index contributed by atoms with van der Waals surface area (Å²) in [7, 11) is 1.23. The summed E-state index contributed by atoms with van der Waals surface area (Å²) in [5, 5.41) is 0. The molecule has 16 heavy (non-hydrogen) atoms. The summed E-state index contributed by atoms with van der Waals surface area (Å²) >= 11 is 0. The quantitative estimate of drug-likeness (QED) is 0.702. The van der Waals surface area contributed by atoms with E-state index in [2.05, 4.69) is 41.7 Å². The van der Waals surface area contributed by atoms with Gasteiger partial charge >= 0.3 is 0 Å². The molecule has 1 saturated carbocycles. The lowest BCUT2D eigenvalue weighted by Crippen LogP contribution is -2.53. The van der Waals surface area contributed by atoms with Crippen LogP contribution in [0.2, 0.25) is 26.2 Å². The van der Waals surface area contributed by atoms with Crippen LogP contribution in [0.5, 0.6) is 0 Å². The second-order valence-electron chi connectivity index (χ2n) is 5.89. The molecular formula is C11H30N2Si3. The van der Waals surface area contributed by atoms with E-state index in [0.29, 0.717) is 0 Å². The summed E-state index contributed by atoms with van der Waals surface area (Å²) < 4.78 is 5.77. The van der Waals surface area contributed by atoms with Crippen LogP contribution in [0, 0.1) is 0 Å². The van der Waals surface area contributed by atoms with Crippen LogP contribution in [0.4, 0.5) is 0 Å². The average Bonchev–Trinajstić information content (AvgIpc) is 2.25. The molecule has 0 amide bonds. The monoisotopic (exact) mass is 274 g/mol. The summed E-state index contributed by atoms with van der Waals surface area (Å²) in [6, 6.07) is 0.934. The van der Waals surface area contributed by atoms with E-state index < -0.39 is 17.9 Å². The molecule has 0 saturated heterocycles. The van der Waals surface area contributed by atoms with E-state index in [1.807, 2.05) is 0 Å². The van der Waals surface area contributed by atoms with Gasteiger partial charge in [0.15, 0.2) is 9.84 Å². The fraction of sp³-hybridized carbons (Fsp3) is 1.00. The highest BCUT2D eigenvalue weighted by atomic mass is 28.4. The molecule has 0 atom stereocenters. The van der Waals surface area contributed by atoms with E-state index in [4.69, 9.17) is 0 Å². The predicted octanol–water partition coefficient (Wildman–Crippen LogP) is 1.52. The van der Waals surface area contributed by atoms with Crippen molar-refractivity contribution in [2.24, 2.45) is 0 Å². The highest BCUT2D eigenvalue weighted by molar-refractivity contribution is 6.79. The standard InChI is InChI=1S/C11H30N2Si3/c1-12(11-9-7-6-8-10-11)14-13(15(2)3)16(4)5/h11,15-16H,6-10,14H2,1-5H3. The van der Waals surface area contributed by atoms with Gasteiger partial charge < -0.3 is 8.46 Å². The van der Waals surface area contributed by atoms with Crippen LogP contribution in [0.25, 0.3) is 0 Å². The second kappa shape index (κ2) is 7.10. The molecule has 0 N–H and O–H groups in total. The zero-order valence-corrected chi connectivity index (χ0v) is 15.6. The van der Waals surface area contributed by atoms with Crippen molar-refractivity contribution in [1.82, 2.24) is 8.46 Å². The van der Waals surface area contributed by atoms with Gasteiger partial charge in [0.1, 0.15) is 0 Å². The average molecular weight is 275 g/mol. The minimum absolute atomic E-state index is 0.100. The molecule has 0 radical (unpaired) electrons. The smallest absolute Gasteiger partial charge is 0.159 e. The van der Waals surface area contributed by atoms with Gasteiger partial charge in [0, 0.05) is 6.04 Å². The van der Waals surface area contributed by atoms with Gasteiger partial charge in [-0.2, -0.15) is 0 Å². The third-order valence-corrected chi connectivity index (χ3v) is 16.8. The molecule has 96 valence electrons. The molecule has 1 rings (SSSR count). The van der Waals surface area contributed by atoms with E-state index in [1.54, 1.807) is 0 Å². The van der Waals surface area contributed by atoms with Crippen molar-refractivity contribution in [1.29, 1.82) is 0 Å². The van der Waals surface area contributed by atoms with Crippen molar-refractivity contribution in [2.45, 2.75) is 64.3 Å². The lowest BCUT2D eigenvalue weighted by atomic mass is 9.96. The number of hydrogen-bond acceptors (Lipinski definition) is 2. The molecule has 2 nitrogen and oxygen atoms in total. The third-order valence-electron chi connectivity index (χ3n) is 3.91. The zero-order valence-electron chi connectivity index (χ0n) is 11.9. The van der Waals surface area contributed by atoms with Gasteiger partial charge in [-0.3, -0.25) is 0 Å². The van der Waals surface area contributed by atoms with Gasteiger partial charge in [0.25, 0.3) is 0 Å². The highest BCUT2D eigenvalue weighted by Crippen LogP contribution is 2.21. The Kier molecular flexibility index (Phi) is 6.50. The number of rotatable bonds is 5. The van der Waals surface area contributed by atoms with Crippen molar-refractivity contribution >= 4 is 27.8 Å². The summed E-state index contributed by atoms with van der Waals surface area (Å²) in [5.41, 5.74) is 0. The molecule has 0 heterocycles. The maximum atomic E-state index is 2.99. The third kappa shape index (κ3) is 4.44. The topological polar surface area (TPSA) is 6.48 Å². The summed E-state index contributed by atoms with van der Waals surface area (Å²) in [6.07, 6.45) is 7.37. The molecule has 0 unspecified atom stereocenters. The van der Waals surface area contributed by atoms with Gasteiger partial charge in [-0.15, -0.1) is 0 Å². The fourth-order valence-corrected chi connectivity index (χ4v) is 12.9. The largest absolute Gasteiger partial charge is 0.366 e. The van der Waals surface area contributed by atoms with E-state index in [9.17, 15) is 0 Å². The molecule has 0 bridgehead atoms. The van der Waals surface area contributed by atoms with Gasteiger partial charge in [-0.25, -0.2) is 0 Å². The Morgan fingerprint density at radius 1 is 0.938 bits per heavy atom. The lowest BCUT2D eigenvalue weighted by Gasteiger charge is -2.38. The van der Waals surface area contributed by atoms with Gasteiger partial charge in [0.05, 0.1) is 17.9 Å². The lowest BCUT2D eigenvalue weighted by molar-refractivity contribution is 0.286. The van der Waals surface area contributed by atoms with Crippen molar-refractivity contribution in [2.75, 3.05) is 7.05 Å². The molecule has 1 aliphatic rings. The first-order valence-electron chi connectivity index (χ1n) is 6.98.